The van der Waals surface area contributed by atoms with E-state index in [0.29, 0.717) is 6.42 Å². The van der Waals surface area contributed by atoms with E-state index < -0.39 is 0 Å². The van der Waals surface area contributed by atoms with Crippen LogP contribution in [-0.4, -0.2) is 39.7 Å². The van der Waals surface area contributed by atoms with Gasteiger partial charge in [-0.15, -0.1) is 0 Å². The molecule has 1 unspecified atom stereocenters. The van der Waals surface area contributed by atoms with Gasteiger partial charge in [0.15, 0.2) is 0 Å². The number of amides is 1. The summed E-state index contributed by atoms with van der Waals surface area (Å²) in [5.74, 6) is 0.0932. The Kier molecular flexibility index (Phi) is 3.84. The third kappa shape index (κ3) is 2.52. The number of carbonyl (C=O) groups excluding carboxylic acids is 1. The van der Waals surface area contributed by atoms with E-state index in [2.05, 4.69) is 0 Å². The number of aryl methyl sites for hydroxylation is 1. The maximum absolute atomic E-state index is 12.4. The highest BCUT2D eigenvalue weighted by atomic mass is 16.3. The summed E-state index contributed by atoms with van der Waals surface area (Å²) in [5, 5.41) is 9.06. The van der Waals surface area contributed by atoms with Crippen LogP contribution in [0.2, 0.25) is 0 Å². The predicted molar refractivity (Wildman–Crippen MR) is 65.8 cm³/mol. The summed E-state index contributed by atoms with van der Waals surface area (Å²) in [5.41, 5.74) is 0.731. The quantitative estimate of drug-likeness (QED) is 0.862. The Morgan fingerprint density at radius 2 is 2.35 bits per heavy atom. The van der Waals surface area contributed by atoms with E-state index in [9.17, 15) is 4.79 Å². The van der Waals surface area contributed by atoms with E-state index >= 15 is 0 Å². The molecule has 17 heavy (non-hydrogen) atoms. The standard InChI is InChI=1S/C13H20N2O2/c1-14-8-4-6-12(14)13(17)15-9-3-2-5-11(15)7-10-16/h4,6,8,11,16H,2-3,5,7,9-10H2,1H3. The number of likely N-dealkylation sites (tertiary alicyclic amines) is 1. The molecule has 0 bridgehead atoms. The summed E-state index contributed by atoms with van der Waals surface area (Å²) in [6.07, 6.45) is 5.81. The molecular weight excluding hydrogens is 216 g/mol. The van der Waals surface area contributed by atoms with Crippen molar-refractivity contribution in [1.82, 2.24) is 9.47 Å². The van der Waals surface area contributed by atoms with Gasteiger partial charge in [-0.1, -0.05) is 0 Å². The van der Waals surface area contributed by atoms with Crippen LogP contribution < -0.4 is 0 Å². The zero-order valence-corrected chi connectivity index (χ0v) is 10.3. The average molecular weight is 236 g/mol. The highest BCUT2D eigenvalue weighted by molar-refractivity contribution is 5.93. The molecule has 1 atom stereocenters. The number of aliphatic hydroxyl groups excluding tert-OH is 1. The van der Waals surface area contributed by atoms with E-state index in [-0.39, 0.29) is 18.6 Å². The van der Waals surface area contributed by atoms with Gasteiger partial charge in [0.05, 0.1) is 0 Å². The number of carbonyl (C=O) groups is 1. The van der Waals surface area contributed by atoms with Crippen molar-refractivity contribution < 1.29 is 9.90 Å². The number of rotatable bonds is 3. The highest BCUT2D eigenvalue weighted by Crippen LogP contribution is 2.21. The van der Waals surface area contributed by atoms with Crippen LogP contribution in [0.4, 0.5) is 0 Å². The van der Waals surface area contributed by atoms with Gasteiger partial charge in [0, 0.05) is 32.4 Å². The van der Waals surface area contributed by atoms with Crippen molar-refractivity contribution in [3.05, 3.63) is 24.0 Å². The lowest BCUT2D eigenvalue weighted by molar-refractivity contribution is 0.0565. The van der Waals surface area contributed by atoms with Crippen LogP contribution in [0.3, 0.4) is 0 Å². The molecule has 2 rings (SSSR count). The number of aliphatic hydroxyl groups is 1. The average Bonchev–Trinajstić information content (AvgIpc) is 2.76. The Bertz CT molecular complexity index is 385. The Morgan fingerprint density at radius 1 is 1.53 bits per heavy atom. The molecular formula is C13H20N2O2. The fourth-order valence-electron chi connectivity index (χ4n) is 2.55. The zero-order chi connectivity index (χ0) is 12.3. The molecule has 0 aromatic carbocycles. The topological polar surface area (TPSA) is 45.5 Å². The second-order valence-electron chi connectivity index (χ2n) is 4.66. The number of nitrogens with zero attached hydrogens (tertiary/aromatic N) is 2. The SMILES string of the molecule is Cn1cccc1C(=O)N1CCCCC1CCO. The van der Waals surface area contributed by atoms with Gasteiger partial charge in [0.25, 0.3) is 5.91 Å². The molecule has 4 heteroatoms. The molecule has 1 N–H and O–H groups in total. The van der Waals surface area contributed by atoms with Crippen molar-refractivity contribution in [1.29, 1.82) is 0 Å². The molecule has 0 saturated carbocycles. The van der Waals surface area contributed by atoms with Crippen LogP contribution >= 0.6 is 0 Å². The Morgan fingerprint density at radius 3 is 3.00 bits per heavy atom. The lowest BCUT2D eigenvalue weighted by Crippen LogP contribution is -2.44. The van der Waals surface area contributed by atoms with Gasteiger partial charge in [0.1, 0.15) is 5.69 Å². The minimum absolute atomic E-state index is 0.0932. The van der Waals surface area contributed by atoms with Gasteiger partial charge in [-0.2, -0.15) is 0 Å². The molecule has 2 heterocycles. The minimum atomic E-state index is 0.0932. The summed E-state index contributed by atoms with van der Waals surface area (Å²) in [6, 6.07) is 3.95. The predicted octanol–water partition coefficient (Wildman–Crippen LogP) is 1.40. The summed E-state index contributed by atoms with van der Waals surface area (Å²) in [4.78, 5) is 14.3. The molecule has 0 spiro atoms. The lowest BCUT2D eigenvalue weighted by atomic mass is 9.99. The third-order valence-corrected chi connectivity index (χ3v) is 3.51. The number of piperidine rings is 1. The summed E-state index contributed by atoms with van der Waals surface area (Å²) in [6.45, 7) is 0.969. The molecule has 4 nitrogen and oxygen atoms in total. The van der Waals surface area contributed by atoms with Crippen LogP contribution in [0.25, 0.3) is 0 Å². The van der Waals surface area contributed by atoms with E-state index in [1.54, 1.807) is 0 Å². The van der Waals surface area contributed by atoms with Gasteiger partial charge >= 0.3 is 0 Å². The van der Waals surface area contributed by atoms with Crippen LogP contribution in [0.5, 0.6) is 0 Å². The van der Waals surface area contributed by atoms with Crippen molar-refractivity contribution in [3.63, 3.8) is 0 Å². The molecule has 1 aliphatic heterocycles. The highest BCUT2D eigenvalue weighted by Gasteiger charge is 2.27. The van der Waals surface area contributed by atoms with Gasteiger partial charge in [-0.25, -0.2) is 0 Å². The molecule has 0 radical (unpaired) electrons. The smallest absolute Gasteiger partial charge is 0.270 e. The first kappa shape index (κ1) is 12.2. The maximum atomic E-state index is 12.4. The van der Waals surface area contributed by atoms with Crippen molar-refractivity contribution in [2.45, 2.75) is 31.7 Å². The second kappa shape index (κ2) is 5.36. The number of hydrogen-bond acceptors (Lipinski definition) is 2. The van der Waals surface area contributed by atoms with Crippen LogP contribution in [0.1, 0.15) is 36.2 Å². The normalized spacial score (nSPS) is 20.6. The van der Waals surface area contributed by atoms with E-state index in [1.165, 1.54) is 0 Å². The molecule has 0 aliphatic carbocycles. The lowest BCUT2D eigenvalue weighted by Gasteiger charge is -2.35. The van der Waals surface area contributed by atoms with Crippen LogP contribution in [-0.2, 0) is 7.05 Å². The molecule has 94 valence electrons. The fourth-order valence-corrected chi connectivity index (χ4v) is 2.55. The van der Waals surface area contributed by atoms with Gasteiger partial charge in [-0.3, -0.25) is 4.79 Å². The largest absolute Gasteiger partial charge is 0.396 e. The van der Waals surface area contributed by atoms with Crippen molar-refractivity contribution in [2.75, 3.05) is 13.2 Å². The molecule has 1 aromatic heterocycles. The fraction of sp³-hybridized carbons (Fsp3) is 0.615. The van der Waals surface area contributed by atoms with Gasteiger partial charge in [0.2, 0.25) is 0 Å². The van der Waals surface area contributed by atoms with Crippen molar-refractivity contribution in [3.8, 4) is 0 Å². The van der Waals surface area contributed by atoms with Crippen molar-refractivity contribution >= 4 is 5.91 Å². The maximum Gasteiger partial charge on any atom is 0.270 e. The molecule has 1 fully saturated rings. The molecule has 1 amide bonds. The summed E-state index contributed by atoms with van der Waals surface area (Å²) in [7, 11) is 1.89. The van der Waals surface area contributed by atoms with E-state index in [1.807, 2.05) is 34.8 Å². The minimum Gasteiger partial charge on any atom is -0.396 e. The van der Waals surface area contributed by atoms with E-state index in [0.717, 1.165) is 31.5 Å². The first-order valence-corrected chi connectivity index (χ1v) is 6.27. The first-order valence-electron chi connectivity index (χ1n) is 6.27. The van der Waals surface area contributed by atoms with Gasteiger partial charge < -0.3 is 14.6 Å². The van der Waals surface area contributed by atoms with E-state index in [4.69, 9.17) is 5.11 Å². The molecule has 1 aromatic rings. The third-order valence-electron chi connectivity index (χ3n) is 3.51. The Labute approximate surface area is 102 Å². The zero-order valence-electron chi connectivity index (χ0n) is 10.3. The Balaban J connectivity index is 2.14. The number of hydrogen-bond donors (Lipinski definition) is 1. The molecule has 1 saturated heterocycles. The van der Waals surface area contributed by atoms with Crippen LogP contribution in [0, 0.1) is 0 Å². The summed E-state index contributed by atoms with van der Waals surface area (Å²) < 4.78 is 1.85. The second-order valence-corrected chi connectivity index (χ2v) is 4.66. The van der Waals surface area contributed by atoms with Crippen molar-refractivity contribution in [2.24, 2.45) is 7.05 Å². The van der Waals surface area contributed by atoms with Crippen LogP contribution in [0.15, 0.2) is 18.3 Å². The van der Waals surface area contributed by atoms with Gasteiger partial charge in [-0.05, 0) is 37.8 Å². The summed E-state index contributed by atoms with van der Waals surface area (Å²) >= 11 is 0. The Hall–Kier alpha value is -1.29. The first-order chi connectivity index (χ1) is 8.24. The monoisotopic (exact) mass is 236 g/mol. The number of aromatic nitrogens is 1. The molecule has 1 aliphatic rings.